The van der Waals surface area contributed by atoms with E-state index in [1.54, 1.807) is 6.92 Å². The van der Waals surface area contributed by atoms with E-state index in [9.17, 15) is 51.9 Å². The van der Waals surface area contributed by atoms with E-state index in [0.29, 0.717) is 0 Å². The Kier molecular flexibility index (Phi) is 27.8. The number of methoxy groups -OCH3 is 1. The van der Waals surface area contributed by atoms with Gasteiger partial charge in [-0.2, -0.15) is 0 Å². The molecular weight excluding hydrogens is 760 g/mol. The zero-order chi connectivity index (χ0) is 31.9. The number of hydrogen-bond acceptors (Lipinski definition) is 21. The summed E-state index contributed by atoms with van der Waals surface area (Å²) in [7, 11) is -20.9. The molecule has 21 nitrogen and oxygen atoms in total. The van der Waals surface area contributed by atoms with Crippen LogP contribution in [-0.2, 0) is 82.0 Å². The summed E-state index contributed by atoms with van der Waals surface area (Å²) in [6, 6.07) is 0. The van der Waals surface area contributed by atoms with Crippen LogP contribution >= 0.6 is 0 Å². The summed E-state index contributed by atoms with van der Waals surface area (Å²) in [6.45, 7) is -1.42. The van der Waals surface area contributed by atoms with Gasteiger partial charge in [0.05, 0.1) is 39.6 Å². The number of rotatable bonds is 17. The topological polar surface area (TPSA) is 312 Å². The van der Waals surface area contributed by atoms with Gasteiger partial charge in [-0.15, -0.1) is 0 Å². The smallest absolute Gasteiger partial charge is 0.726 e. The van der Waals surface area contributed by atoms with Crippen LogP contribution in [0.2, 0.25) is 0 Å². The third-order valence-electron chi connectivity index (χ3n) is 5.76. The van der Waals surface area contributed by atoms with Crippen LogP contribution in [0.5, 0.6) is 0 Å². The molecule has 0 amide bonds. The molecule has 4 unspecified atom stereocenters. The van der Waals surface area contributed by atoms with Crippen molar-refractivity contribution in [3.63, 3.8) is 0 Å². The maximum Gasteiger partial charge on any atom is 1.00 e. The molecule has 8 atom stereocenters. The molecule has 2 aliphatic rings. The first-order valence-electron chi connectivity index (χ1n) is 11.7. The molecule has 0 aromatic heterocycles. The minimum atomic E-state index is -5.56. The summed E-state index contributed by atoms with van der Waals surface area (Å²) in [4.78, 5) is 0. The van der Waals surface area contributed by atoms with Crippen molar-refractivity contribution in [1.82, 2.24) is 0 Å². The SMILES string of the molecule is CCOC[C@@H]1OC[C@@H](COC[C@@H]2OC[C@@H](COC)C(OS(=O)(=O)[O-])C2OS(=O)(=O)[O-])C(OS(=O)(=O)[O-])C1OS(=O)(=O)[O-].[Na+].[Na+].[Na+].[Na+]. The molecular formula is C17H28Na4O21S4. The quantitative estimate of drug-likeness (QED) is 0.0750. The van der Waals surface area contributed by atoms with Crippen molar-refractivity contribution in [2.75, 3.05) is 53.4 Å². The molecule has 2 fully saturated rings. The third kappa shape index (κ3) is 20.5. The van der Waals surface area contributed by atoms with Gasteiger partial charge in [0.2, 0.25) is 41.6 Å². The average molecular weight is 789 g/mol. The largest absolute Gasteiger partial charge is 1.00 e. The van der Waals surface area contributed by atoms with Crippen molar-refractivity contribution in [1.29, 1.82) is 0 Å². The fourth-order valence-electron chi connectivity index (χ4n) is 4.23. The Morgan fingerprint density at radius 1 is 0.543 bits per heavy atom. The molecule has 0 aromatic carbocycles. The van der Waals surface area contributed by atoms with E-state index in [1.165, 1.54) is 7.11 Å². The van der Waals surface area contributed by atoms with Crippen molar-refractivity contribution in [3.05, 3.63) is 0 Å². The first kappa shape index (κ1) is 53.6. The second kappa shape index (κ2) is 23.8. The second-order valence-corrected chi connectivity index (χ2v) is 12.8. The van der Waals surface area contributed by atoms with Crippen molar-refractivity contribution in [3.8, 4) is 0 Å². The molecule has 0 aliphatic carbocycles. The predicted molar refractivity (Wildman–Crippen MR) is 124 cm³/mol. The van der Waals surface area contributed by atoms with E-state index in [1.807, 2.05) is 0 Å². The van der Waals surface area contributed by atoms with E-state index in [0.717, 1.165) is 0 Å². The maximum atomic E-state index is 11.4. The van der Waals surface area contributed by atoms with Crippen molar-refractivity contribution < 1.29 is 211 Å². The van der Waals surface area contributed by atoms with Gasteiger partial charge < -0.3 is 41.9 Å². The molecule has 2 saturated heterocycles. The Bertz CT molecular complexity index is 1300. The van der Waals surface area contributed by atoms with Crippen LogP contribution in [0, 0.1) is 11.8 Å². The molecule has 2 heterocycles. The number of ether oxygens (including phenoxy) is 5. The van der Waals surface area contributed by atoms with Crippen LogP contribution in [0.3, 0.4) is 0 Å². The van der Waals surface area contributed by atoms with E-state index < -0.39 is 123 Å². The monoisotopic (exact) mass is 788 g/mol. The molecule has 29 heteroatoms. The van der Waals surface area contributed by atoms with E-state index in [2.05, 4.69) is 16.7 Å². The Morgan fingerprint density at radius 2 is 0.870 bits per heavy atom. The standard InChI is InChI=1S/C17H32O21S4.4Na/c1-3-31-8-12-16(37-41(24,25)26)15(36-40(21,22)23)11(7-34-12)5-32-9-13-17(38-42(27,28)29)14(35-39(18,19)20)10(4-30-2)6-33-13;;;;/h10-17H,3-9H2,1-2H3,(H,18,19,20)(H,21,22,23)(H,24,25,26)(H,27,28,29);;;;/q;4*+1/p-4/t10-,11-,12+,13+,14?,15?,16?,17?;;;;/m1..../s1. The van der Waals surface area contributed by atoms with E-state index in [4.69, 9.17) is 23.7 Å². The first-order chi connectivity index (χ1) is 19.2. The molecule has 0 N–H and O–H groups in total. The van der Waals surface area contributed by atoms with Gasteiger partial charge in [-0.1, -0.05) is 0 Å². The zero-order valence-corrected chi connectivity index (χ0v) is 37.0. The molecule has 0 saturated carbocycles. The minimum Gasteiger partial charge on any atom is -0.726 e. The van der Waals surface area contributed by atoms with Gasteiger partial charge in [-0.3, -0.25) is 16.7 Å². The average Bonchev–Trinajstić information content (AvgIpc) is 2.80. The van der Waals surface area contributed by atoms with Crippen LogP contribution < -0.4 is 118 Å². The van der Waals surface area contributed by atoms with Gasteiger partial charge in [-0.25, -0.2) is 33.7 Å². The van der Waals surface area contributed by atoms with Gasteiger partial charge in [0, 0.05) is 25.6 Å². The second-order valence-electron chi connectivity index (χ2n) is 8.79. The van der Waals surface area contributed by atoms with Gasteiger partial charge in [-0.05, 0) is 6.92 Å². The third-order valence-corrected chi connectivity index (χ3v) is 7.59. The van der Waals surface area contributed by atoms with E-state index in [-0.39, 0.29) is 131 Å². The van der Waals surface area contributed by atoms with Gasteiger partial charge in [0.15, 0.2) is 0 Å². The van der Waals surface area contributed by atoms with Gasteiger partial charge >= 0.3 is 118 Å². The molecule has 2 aliphatic heterocycles. The molecule has 0 radical (unpaired) electrons. The Hall–Kier alpha value is 3.28. The normalized spacial score (nSPS) is 28.9. The van der Waals surface area contributed by atoms with Crippen LogP contribution in [0.4, 0.5) is 0 Å². The van der Waals surface area contributed by atoms with Crippen molar-refractivity contribution in [2.45, 2.75) is 43.5 Å². The summed E-state index contributed by atoms with van der Waals surface area (Å²) in [5.74, 6) is -2.47. The predicted octanol–water partition coefficient (Wildman–Crippen LogP) is -15.9. The Labute approximate surface area is 356 Å². The fourth-order valence-corrected chi connectivity index (χ4v) is 6.32. The van der Waals surface area contributed by atoms with Gasteiger partial charge in [0.25, 0.3) is 0 Å². The van der Waals surface area contributed by atoms with Gasteiger partial charge in [0.1, 0.15) is 36.6 Å². The molecule has 0 bridgehead atoms. The molecule has 2 rings (SSSR count). The van der Waals surface area contributed by atoms with Crippen molar-refractivity contribution in [2.24, 2.45) is 11.8 Å². The van der Waals surface area contributed by atoms with E-state index >= 15 is 0 Å². The Balaban J connectivity index is -0.00000462. The van der Waals surface area contributed by atoms with Crippen LogP contribution in [0.1, 0.15) is 6.92 Å². The summed E-state index contributed by atoms with van der Waals surface area (Å²) in [5.41, 5.74) is 0. The Morgan fingerprint density at radius 3 is 1.20 bits per heavy atom. The maximum absolute atomic E-state index is 11.4. The first-order valence-corrected chi connectivity index (χ1v) is 17.0. The van der Waals surface area contributed by atoms with Crippen LogP contribution in [0.25, 0.3) is 0 Å². The summed E-state index contributed by atoms with van der Waals surface area (Å²) in [5, 5.41) is 0. The van der Waals surface area contributed by atoms with Crippen LogP contribution in [0.15, 0.2) is 0 Å². The molecule has 250 valence electrons. The molecule has 46 heavy (non-hydrogen) atoms. The molecule has 0 aromatic rings. The van der Waals surface area contributed by atoms with Crippen molar-refractivity contribution >= 4 is 41.6 Å². The molecule has 0 spiro atoms. The summed E-state index contributed by atoms with van der Waals surface area (Å²) in [6.07, 6.45) is -11.0. The fraction of sp³-hybridized carbons (Fsp3) is 1.00. The minimum absolute atomic E-state index is 0. The summed E-state index contributed by atoms with van der Waals surface area (Å²) >= 11 is 0. The number of hydrogen-bond donors (Lipinski definition) is 0. The summed E-state index contributed by atoms with van der Waals surface area (Å²) < 4.78 is 180. The van der Waals surface area contributed by atoms with Crippen LogP contribution in [-0.4, -0.2) is 142 Å². The zero-order valence-electron chi connectivity index (χ0n) is 25.8.